The fraction of sp³-hybridized carbons (Fsp3) is 0.292. The minimum absolute atomic E-state index is 0.0262. The van der Waals surface area contributed by atoms with Gasteiger partial charge in [0.15, 0.2) is 0 Å². The molecule has 11 nitrogen and oxygen atoms in total. The summed E-state index contributed by atoms with van der Waals surface area (Å²) in [6.07, 6.45) is -0.809. The Morgan fingerprint density at radius 3 is 2.32 bits per heavy atom. The Morgan fingerprint density at radius 1 is 1.11 bits per heavy atom. The number of amides is 2. The van der Waals surface area contributed by atoms with Gasteiger partial charge < -0.3 is 19.5 Å². The number of nitrogens with one attached hydrogen (secondary N) is 1. The molecule has 37 heavy (non-hydrogen) atoms. The maximum atomic E-state index is 13.0. The van der Waals surface area contributed by atoms with Crippen molar-refractivity contribution in [1.29, 1.82) is 0 Å². The van der Waals surface area contributed by atoms with Crippen molar-refractivity contribution in [1.82, 2.24) is 10.2 Å². The van der Waals surface area contributed by atoms with E-state index in [1.165, 1.54) is 40.9 Å². The van der Waals surface area contributed by atoms with Crippen LogP contribution < -0.4 is 10.1 Å². The third-order valence-corrected chi connectivity index (χ3v) is 7.74. The number of fused-ring (bicyclic) bond motifs is 1. The average Bonchev–Trinajstić information content (AvgIpc) is 2.92. The first kappa shape index (κ1) is 26.5. The average molecular weight is 592 g/mol. The topological polar surface area (TPSA) is 137 Å². The number of thioether (sulfide) groups is 1. The van der Waals surface area contributed by atoms with Crippen LogP contribution in [0.4, 0.5) is 10.5 Å². The fourth-order valence-corrected chi connectivity index (χ4v) is 5.82. The molecule has 2 heterocycles. The van der Waals surface area contributed by atoms with E-state index in [9.17, 15) is 24.5 Å². The summed E-state index contributed by atoms with van der Waals surface area (Å²) in [7, 11) is 1.56. The van der Waals surface area contributed by atoms with Crippen LogP contribution in [0, 0.1) is 10.1 Å². The Balaban J connectivity index is 1.34. The first-order valence-corrected chi connectivity index (χ1v) is 13.2. The van der Waals surface area contributed by atoms with E-state index in [2.05, 4.69) is 21.2 Å². The number of β-lactam (4-membered cyclic amide) rings is 1. The number of hydrogen-bond acceptors (Lipinski definition) is 9. The Hall–Kier alpha value is -3.58. The van der Waals surface area contributed by atoms with E-state index in [1.807, 2.05) is 0 Å². The number of ether oxygens (including phenoxy) is 3. The van der Waals surface area contributed by atoms with Crippen molar-refractivity contribution in [2.75, 3.05) is 18.2 Å². The highest BCUT2D eigenvalue weighted by Gasteiger charge is 2.54. The monoisotopic (exact) mass is 591 g/mol. The standard InChI is InChI=1S/C24H22BrN3O8S/c1-34-18-8-4-15(5-9-18)11-35-23(30)20-16(10-25)13-37-22-19(21(29)27(20)22)26-24(31)36-12-14-2-6-17(7-3-14)28(32)33/h2-9,19,22H,10-13H2,1H3,(H,26,31)/t19?,22-/m0/s1. The third kappa shape index (κ3) is 5.88. The van der Waals surface area contributed by atoms with Crippen molar-refractivity contribution in [2.45, 2.75) is 24.6 Å². The quantitative estimate of drug-likeness (QED) is 0.153. The molecular formula is C24H22BrN3O8S. The lowest BCUT2D eigenvalue weighted by molar-refractivity contribution is -0.384. The summed E-state index contributed by atoms with van der Waals surface area (Å²) in [6, 6.07) is 11.8. The van der Waals surface area contributed by atoms with Crippen molar-refractivity contribution in [2.24, 2.45) is 0 Å². The smallest absolute Gasteiger partial charge is 0.408 e. The van der Waals surface area contributed by atoms with Crippen LogP contribution in [0.5, 0.6) is 5.75 Å². The molecule has 194 valence electrons. The number of alkyl halides is 1. The van der Waals surface area contributed by atoms with E-state index >= 15 is 0 Å². The van der Waals surface area contributed by atoms with Gasteiger partial charge in [0, 0.05) is 23.2 Å². The molecule has 0 bridgehead atoms. The number of nitro groups is 1. The number of methoxy groups -OCH3 is 1. The highest BCUT2D eigenvalue weighted by molar-refractivity contribution is 9.09. The minimum atomic E-state index is -0.865. The fourth-order valence-electron chi connectivity index (χ4n) is 3.75. The highest BCUT2D eigenvalue weighted by atomic mass is 79.9. The largest absolute Gasteiger partial charge is 0.497 e. The number of benzene rings is 2. The van der Waals surface area contributed by atoms with E-state index in [0.29, 0.717) is 28.0 Å². The van der Waals surface area contributed by atoms with Gasteiger partial charge in [0.25, 0.3) is 11.6 Å². The molecule has 4 rings (SSSR count). The van der Waals surface area contributed by atoms with Crippen LogP contribution >= 0.6 is 27.7 Å². The summed E-state index contributed by atoms with van der Waals surface area (Å²) >= 11 is 4.79. The van der Waals surface area contributed by atoms with Crippen LogP contribution in [-0.4, -0.2) is 57.4 Å². The van der Waals surface area contributed by atoms with Crippen LogP contribution in [0.25, 0.3) is 0 Å². The van der Waals surface area contributed by atoms with Gasteiger partial charge in [0.2, 0.25) is 0 Å². The lowest BCUT2D eigenvalue weighted by atomic mass is 10.0. The normalized spacial score (nSPS) is 18.4. The molecule has 2 aromatic rings. The Bertz CT molecular complexity index is 1240. The van der Waals surface area contributed by atoms with Gasteiger partial charge in [0.1, 0.15) is 36.1 Å². The number of nitro benzene ring substituents is 1. The second kappa shape index (κ2) is 11.6. The Labute approximate surface area is 224 Å². The van der Waals surface area contributed by atoms with Gasteiger partial charge in [-0.25, -0.2) is 9.59 Å². The van der Waals surface area contributed by atoms with Gasteiger partial charge in [-0.3, -0.25) is 19.8 Å². The SMILES string of the molecule is COc1ccc(COC(=O)C2=C(CBr)CS[C@H]3C(NC(=O)OCc4ccc([N+](=O)[O-])cc4)C(=O)N23)cc1. The first-order valence-electron chi connectivity index (χ1n) is 11.0. The van der Waals surface area contributed by atoms with Crippen molar-refractivity contribution in [3.8, 4) is 5.75 Å². The molecule has 0 saturated carbocycles. The van der Waals surface area contributed by atoms with E-state index < -0.39 is 34.3 Å². The van der Waals surface area contributed by atoms with Crippen LogP contribution in [-0.2, 0) is 32.3 Å². The molecule has 1 unspecified atom stereocenters. The Morgan fingerprint density at radius 2 is 1.73 bits per heavy atom. The molecule has 1 saturated heterocycles. The second-order valence-electron chi connectivity index (χ2n) is 8.04. The lowest BCUT2D eigenvalue weighted by Gasteiger charge is -2.49. The number of nitrogens with zero attached hydrogens (tertiary/aromatic N) is 2. The van der Waals surface area contributed by atoms with Crippen molar-refractivity contribution in [3.05, 3.63) is 81.0 Å². The first-order chi connectivity index (χ1) is 17.8. The van der Waals surface area contributed by atoms with E-state index in [1.54, 1.807) is 31.4 Å². The molecule has 0 aromatic heterocycles. The van der Waals surface area contributed by atoms with E-state index in [0.717, 1.165) is 5.56 Å². The molecule has 2 aliphatic rings. The summed E-state index contributed by atoms with van der Waals surface area (Å²) in [6.45, 7) is -0.0960. The number of hydrogen-bond donors (Lipinski definition) is 1. The third-order valence-electron chi connectivity index (χ3n) is 5.72. The van der Waals surface area contributed by atoms with Crippen molar-refractivity contribution >= 4 is 51.3 Å². The Kier molecular flexibility index (Phi) is 8.34. The number of rotatable bonds is 9. The number of halogens is 1. The zero-order valence-electron chi connectivity index (χ0n) is 19.5. The zero-order valence-corrected chi connectivity index (χ0v) is 22.0. The molecule has 1 N–H and O–H groups in total. The molecule has 2 amide bonds. The molecule has 2 atom stereocenters. The van der Waals surface area contributed by atoms with Crippen molar-refractivity contribution in [3.63, 3.8) is 0 Å². The van der Waals surface area contributed by atoms with Gasteiger partial charge >= 0.3 is 12.1 Å². The predicted molar refractivity (Wildman–Crippen MR) is 137 cm³/mol. The van der Waals surface area contributed by atoms with Crippen LogP contribution in [0.15, 0.2) is 59.8 Å². The maximum Gasteiger partial charge on any atom is 0.408 e. The summed E-state index contributed by atoms with van der Waals surface area (Å²) in [5.41, 5.74) is 2.14. The molecular weight excluding hydrogens is 570 g/mol. The molecule has 2 aromatic carbocycles. The lowest BCUT2D eigenvalue weighted by Crippen LogP contribution is -2.70. The van der Waals surface area contributed by atoms with E-state index in [4.69, 9.17) is 14.2 Å². The van der Waals surface area contributed by atoms with Gasteiger partial charge in [0.05, 0.1) is 12.0 Å². The second-order valence-corrected chi connectivity index (χ2v) is 9.71. The summed E-state index contributed by atoms with van der Waals surface area (Å²) in [5.74, 6) is 0.0906. The predicted octanol–water partition coefficient (Wildman–Crippen LogP) is 3.51. The van der Waals surface area contributed by atoms with Crippen LogP contribution in [0.1, 0.15) is 11.1 Å². The molecule has 2 aliphatic heterocycles. The maximum absolute atomic E-state index is 13.0. The summed E-state index contributed by atoms with van der Waals surface area (Å²) < 4.78 is 15.8. The van der Waals surface area contributed by atoms with Gasteiger partial charge in [-0.2, -0.15) is 0 Å². The molecule has 0 radical (unpaired) electrons. The van der Waals surface area contributed by atoms with Crippen LogP contribution in [0.3, 0.4) is 0 Å². The number of carbonyl (C=O) groups is 3. The number of carbonyl (C=O) groups excluding carboxylic acids is 3. The zero-order chi connectivity index (χ0) is 26.5. The molecule has 1 fully saturated rings. The number of esters is 1. The van der Waals surface area contributed by atoms with Crippen molar-refractivity contribution < 1.29 is 33.5 Å². The number of alkyl carbamates (subject to hydrolysis) is 1. The van der Waals surface area contributed by atoms with Gasteiger partial charge in [-0.1, -0.05) is 28.1 Å². The molecule has 0 aliphatic carbocycles. The van der Waals surface area contributed by atoms with E-state index in [-0.39, 0.29) is 24.6 Å². The molecule has 13 heteroatoms. The van der Waals surface area contributed by atoms with Gasteiger partial charge in [-0.15, -0.1) is 11.8 Å². The van der Waals surface area contributed by atoms with Crippen LogP contribution in [0.2, 0.25) is 0 Å². The van der Waals surface area contributed by atoms with Gasteiger partial charge in [-0.05, 0) is 41.0 Å². The summed E-state index contributed by atoms with van der Waals surface area (Å²) in [5, 5.41) is 13.2. The summed E-state index contributed by atoms with van der Waals surface area (Å²) in [4.78, 5) is 49.8. The number of non-ortho nitro benzene ring substituents is 1. The highest BCUT2D eigenvalue weighted by Crippen LogP contribution is 2.41. The minimum Gasteiger partial charge on any atom is -0.497 e. The molecule has 0 spiro atoms.